The molecule has 0 aromatic rings. The molecular formula is C11H18O3. The van der Waals surface area contributed by atoms with Crippen molar-refractivity contribution in [1.29, 1.82) is 0 Å². The largest absolute Gasteiger partial charge is 0.465 e. The lowest BCUT2D eigenvalue weighted by Crippen LogP contribution is -2.24. The molecule has 14 heavy (non-hydrogen) atoms. The molecule has 0 amide bonds. The Labute approximate surface area is 85.1 Å². The highest BCUT2D eigenvalue weighted by atomic mass is 16.5. The van der Waals surface area contributed by atoms with Gasteiger partial charge in [0.2, 0.25) is 0 Å². The maximum Gasteiger partial charge on any atom is 0.316 e. The summed E-state index contributed by atoms with van der Waals surface area (Å²) in [5.41, 5.74) is 0.901. The molecule has 0 aromatic carbocycles. The van der Waals surface area contributed by atoms with Crippen LogP contribution in [0.15, 0.2) is 12.2 Å². The van der Waals surface area contributed by atoms with E-state index in [1.807, 2.05) is 6.92 Å². The van der Waals surface area contributed by atoms with E-state index < -0.39 is 11.9 Å². The summed E-state index contributed by atoms with van der Waals surface area (Å²) in [4.78, 5) is 22.5. The molecule has 0 heterocycles. The molecule has 0 bridgehead atoms. The second-order valence-electron chi connectivity index (χ2n) is 3.22. The van der Waals surface area contributed by atoms with Crippen LogP contribution >= 0.6 is 0 Å². The zero-order valence-electron chi connectivity index (χ0n) is 9.13. The molecule has 0 spiro atoms. The minimum Gasteiger partial charge on any atom is -0.465 e. The van der Waals surface area contributed by atoms with Crippen LogP contribution in [0.4, 0.5) is 0 Å². The number of carbonyl (C=O) groups is 2. The maximum absolute atomic E-state index is 11.4. The fourth-order valence-corrected chi connectivity index (χ4v) is 1.07. The van der Waals surface area contributed by atoms with Crippen LogP contribution in [0.3, 0.4) is 0 Å². The number of carbonyl (C=O) groups excluding carboxylic acids is 2. The summed E-state index contributed by atoms with van der Waals surface area (Å²) in [6.45, 7) is 9.17. The average molecular weight is 198 g/mol. The van der Waals surface area contributed by atoms with E-state index in [1.165, 1.54) is 6.92 Å². The Bertz CT molecular complexity index is 231. The first-order valence-electron chi connectivity index (χ1n) is 4.86. The van der Waals surface area contributed by atoms with Crippen molar-refractivity contribution in [2.45, 2.75) is 33.6 Å². The number of Topliss-reactive ketones (excluding diaryl/α,β-unsaturated/α-hetero) is 1. The van der Waals surface area contributed by atoms with Gasteiger partial charge in [-0.05, 0) is 26.7 Å². The third-order valence-electron chi connectivity index (χ3n) is 2.05. The smallest absolute Gasteiger partial charge is 0.316 e. The Balaban J connectivity index is 4.36. The fourth-order valence-electron chi connectivity index (χ4n) is 1.07. The molecule has 0 fully saturated rings. The first kappa shape index (κ1) is 12.9. The second-order valence-corrected chi connectivity index (χ2v) is 3.22. The van der Waals surface area contributed by atoms with Crippen LogP contribution in [0.1, 0.15) is 33.6 Å². The second kappa shape index (κ2) is 6.35. The van der Waals surface area contributed by atoms with Gasteiger partial charge < -0.3 is 4.74 Å². The van der Waals surface area contributed by atoms with Gasteiger partial charge in [0, 0.05) is 0 Å². The third kappa shape index (κ3) is 4.21. The number of hydrogen-bond donors (Lipinski definition) is 0. The number of hydrogen-bond acceptors (Lipinski definition) is 3. The van der Waals surface area contributed by atoms with Gasteiger partial charge in [-0.15, -0.1) is 0 Å². The Morgan fingerprint density at radius 1 is 1.36 bits per heavy atom. The molecule has 0 saturated heterocycles. The highest BCUT2D eigenvalue weighted by Crippen LogP contribution is 2.15. The highest BCUT2D eigenvalue weighted by Gasteiger charge is 2.24. The number of esters is 1. The molecular weight excluding hydrogens is 180 g/mol. The first-order valence-corrected chi connectivity index (χ1v) is 4.86. The van der Waals surface area contributed by atoms with Gasteiger partial charge in [0.05, 0.1) is 6.61 Å². The van der Waals surface area contributed by atoms with Gasteiger partial charge in [-0.1, -0.05) is 19.1 Å². The normalized spacial score (nSPS) is 11.9. The van der Waals surface area contributed by atoms with Gasteiger partial charge in [-0.2, -0.15) is 0 Å². The Morgan fingerprint density at radius 2 is 1.93 bits per heavy atom. The molecule has 0 saturated carbocycles. The minimum absolute atomic E-state index is 0.155. The zero-order chi connectivity index (χ0) is 11.1. The average Bonchev–Trinajstić information content (AvgIpc) is 2.13. The number of rotatable bonds is 6. The molecule has 0 rings (SSSR count). The molecule has 0 radical (unpaired) electrons. The Hall–Kier alpha value is -1.12. The molecule has 1 unspecified atom stereocenters. The maximum atomic E-state index is 11.4. The van der Waals surface area contributed by atoms with E-state index >= 15 is 0 Å². The van der Waals surface area contributed by atoms with Gasteiger partial charge in [0.15, 0.2) is 0 Å². The van der Waals surface area contributed by atoms with Gasteiger partial charge in [0.1, 0.15) is 11.7 Å². The number of ether oxygens (including phenoxy) is 1. The van der Waals surface area contributed by atoms with E-state index in [9.17, 15) is 9.59 Å². The molecule has 0 aromatic heterocycles. The Kier molecular flexibility index (Phi) is 5.84. The number of ketones is 1. The van der Waals surface area contributed by atoms with Crippen molar-refractivity contribution < 1.29 is 14.3 Å². The molecule has 0 aliphatic carbocycles. The van der Waals surface area contributed by atoms with E-state index in [1.54, 1.807) is 6.92 Å². The van der Waals surface area contributed by atoms with E-state index in [0.29, 0.717) is 13.0 Å². The van der Waals surface area contributed by atoms with Crippen molar-refractivity contribution in [2.75, 3.05) is 6.61 Å². The summed E-state index contributed by atoms with van der Waals surface area (Å²) >= 11 is 0. The molecule has 0 N–H and O–H groups in total. The van der Waals surface area contributed by atoms with Gasteiger partial charge in [0.25, 0.3) is 0 Å². The van der Waals surface area contributed by atoms with Crippen molar-refractivity contribution in [3.8, 4) is 0 Å². The van der Waals surface area contributed by atoms with Crippen LogP contribution in [0.25, 0.3) is 0 Å². The lowest BCUT2D eigenvalue weighted by atomic mass is 9.95. The summed E-state index contributed by atoms with van der Waals surface area (Å²) < 4.78 is 4.81. The molecule has 3 nitrogen and oxygen atoms in total. The summed E-state index contributed by atoms with van der Waals surface area (Å²) in [5, 5.41) is 0. The van der Waals surface area contributed by atoms with Crippen molar-refractivity contribution in [1.82, 2.24) is 0 Å². The van der Waals surface area contributed by atoms with Gasteiger partial charge in [-0.25, -0.2) is 0 Å². The van der Waals surface area contributed by atoms with E-state index in [0.717, 1.165) is 12.0 Å². The topological polar surface area (TPSA) is 43.4 Å². The van der Waals surface area contributed by atoms with Crippen LogP contribution < -0.4 is 0 Å². The Morgan fingerprint density at radius 3 is 2.29 bits per heavy atom. The molecule has 3 heteroatoms. The monoisotopic (exact) mass is 198 g/mol. The van der Waals surface area contributed by atoms with Crippen LogP contribution in [0.5, 0.6) is 0 Å². The zero-order valence-corrected chi connectivity index (χ0v) is 9.13. The van der Waals surface area contributed by atoms with Crippen LogP contribution in [0, 0.1) is 5.92 Å². The van der Waals surface area contributed by atoms with Crippen LogP contribution in [-0.4, -0.2) is 18.4 Å². The van der Waals surface area contributed by atoms with Crippen LogP contribution in [0.2, 0.25) is 0 Å². The predicted octanol–water partition coefficient (Wildman–Crippen LogP) is 2.11. The standard InChI is InChI=1S/C11H18O3/c1-5-8(3)7-10(9(4)12)11(13)14-6-2/h10H,3,5-7H2,1-2,4H3. The van der Waals surface area contributed by atoms with Crippen molar-refractivity contribution >= 4 is 11.8 Å². The summed E-state index contributed by atoms with van der Waals surface area (Å²) in [6.07, 6.45) is 1.19. The lowest BCUT2D eigenvalue weighted by Gasteiger charge is -2.12. The molecule has 0 aliphatic rings. The van der Waals surface area contributed by atoms with Crippen molar-refractivity contribution in [3.63, 3.8) is 0 Å². The quantitative estimate of drug-likeness (QED) is 0.373. The minimum atomic E-state index is -0.664. The lowest BCUT2D eigenvalue weighted by molar-refractivity contribution is -0.151. The van der Waals surface area contributed by atoms with Crippen LogP contribution in [-0.2, 0) is 14.3 Å². The first-order chi connectivity index (χ1) is 6.52. The summed E-state index contributed by atoms with van der Waals surface area (Å²) in [6, 6.07) is 0. The van der Waals surface area contributed by atoms with E-state index in [-0.39, 0.29) is 5.78 Å². The van der Waals surface area contributed by atoms with Gasteiger partial charge in [-0.3, -0.25) is 9.59 Å². The predicted molar refractivity (Wildman–Crippen MR) is 54.9 cm³/mol. The highest BCUT2D eigenvalue weighted by molar-refractivity contribution is 5.97. The van der Waals surface area contributed by atoms with Crippen molar-refractivity contribution in [3.05, 3.63) is 12.2 Å². The SMILES string of the molecule is C=C(CC)CC(C(C)=O)C(=O)OCC. The van der Waals surface area contributed by atoms with Gasteiger partial charge >= 0.3 is 5.97 Å². The fraction of sp³-hybridized carbons (Fsp3) is 0.636. The van der Waals surface area contributed by atoms with E-state index in [4.69, 9.17) is 4.74 Å². The molecule has 1 atom stereocenters. The third-order valence-corrected chi connectivity index (χ3v) is 2.05. The number of allylic oxidation sites excluding steroid dienone is 1. The summed E-state index contributed by atoms with van der Waals surface area (Å²) in [7, 11) is 0. The van der Waals surface area contributed by atoms with E-state index in [2.05, 4.69) is 6.58 Å². The molecule has 0 aliphatic heterocycles. The van der Waals surface area contributed by atoms with Crippen molar-refractivity contribution in [2.24, 2.45) is 5.92 Å². The summed E-state index contributed by atoms with van der Waals surface area (Å²) in [5.74, 6) is -1.25. The molecule has 80 valence electrons.